The Balaban J connectivity index is 1.77. The lowest BCUT2D eigenvalue weighted by molar-refractivity contribution is 0.00471. The number of aliphatic hydroxyl groups is 1. The molecule has 4 heteroatoms. The van der Waals surface area contributed by atoms with E-state index in [0.717, 1.165) is 37.9 Å². The van der Waals surface area contributed by atoms with Crippen molar-refractivity contribution in [1.82, 2.24) is 10.3 Å². The second-order valence-electron chi connectivity index (χ2n) is 4.75. The molecule has 16 heavy (non-hydrogen) atoms. The Morgan fingerprint density at radius 1 is 1.44 bits per heavy atom. The molecule has 0 unspecified atom stereocenters. The van der Waals surface area contributed by atoms with Crippen LogP contribution in [-0.4, -0.2) is 22.2 Å². The molecule has 1 aromatic rings. The van der Waals surface area contributed by atoms with Crippen LogP contribution in [0.3, 0.4) is 0 Å². The lowest BCUT2D eigenvalue weighted by atomic mass is 9.85. The molecule has 1 aliphatic rings. The van der Waals surface area contributed by atoms with Gasteiger partial charge in [-0.25, -0.2) is 4.98 Å². The van der Waals surface area contributed by atoms with Crippen LogP contribution in [0.2, 0.25) is 0 Å². The summed E-state index contributed by atoms with van der Waals surface area (Å²) >= 11 is 1.68. The Kier molecular flexibility index (Phi) is 3.95. The van der Waals surface area contributed by atoms with E-state index in [4.69, 9.17) is 0 Å². The lowest BCUT2D eigenvalue weighted by Crippen LogP contribution is -2.41. The minimum absolute atomic E-state index is 0.461. The fourth-order valence-electron chi connectivity index (χ4n) is 2.29. The van der Waals surface area contributed by atoms with Crippen LogP contribution in [0.15, 0.2) is 5.51 Å². The van der Waals surface area contributed by atoms with E-state index in [0.29, 0.717) is 6.54 Å². The second-order valence-corrected chi connectivity index (χ2v) is 5.69. The number of rotatable bonds is 4. The van der Waals surface area contributed by atoms with Crippen LogP contribution in [0.25, 0.3) is 0 Å². The molecule has 0 aliphatic heterocycles. The highest BCUT2D eigenvalue weighted by molar-refractivity contribution is 7.09. The van der Waals surface area contributed by atoms with Gasteiger partial charge in [-0.05, 0) is 19.8 Å². The highest BCUT2D eigenvalue weighted by Gasteiger charge is 2.28. The molecule has 0 radical (unpaired) electrons. The summed E-state index contributed by atoms with van der Waals surface area (Å²) in [4.78, 5) is 5.49. The minimum atomic E-state index is -0.461. The topological polar surface area (TPSA) is 45.2 Å². The van der Waals surface area contributed by atoms with Gasteiger partial charge in [0.2, 0.25) is 0 Å². The fraction of sp³-hybridized carbons (Fsp3) is 0.750. The van der Waals surface area contributed by atoms with Crippen LogP contribution in [0.4, 0.5) is 0 Å². The maximum Gasteiger partial charge on any atom is 0.0798 e. The molecule has 0 bridgehead atoms. The molecule has 1 saturated carbocycles. The third-order valence-electron chi connectivity index (χ3n) is 3.37. The highest BCUT2D eigenvalue weighted by Crippen LogP contribution is 2.27. The smallest absolute Gasteiger partial charge is 0.0798 e. The van der Waals surface area contributed by atoms with Gasteiger partial charge in [-0.2, -0.15) is 0 Å². The molecule has 1 fully saturated rings. The van der Waals surface area contributed by atoms with Crippen molar-refractivity contribution in [3.8, 4) is 0 Å². The number of nitrogens with zero attached hydrogens (tertiary/aromatic N) is 1. The average Bonchev–Trinajstić information content (AvgIpc) is 2.65. The summed E-state index contributed by atoms with van der Waals surface area (Å²) in [6, 6.07) is 0. The summed E-state index contributed by atoms with van der Waals surface area (Å²) in [5.74, 6) is 0. The van der Waals surface area contributed by atoms with Gasteiger partial charge in [0.1, 0.15) is 0 Å². The Hall–Kier alpha value is -0.450. The van der Waals surface area contributed by atoms with Crippen molar-refractivity contribution in [2.75, 3.05) is 6.54 Å². The normalized spacial score (nSPS) is 19.9. The molecule has 90 valence electrons. The molecule has 3 nitrogen and oxygen atoms in total. The predicted octanol–water partition coefficient (Wildman–Crippen LogP) is 2.24. The van der Waals surface area contributed by atoms with E-state index in [2.05, 4.69) is 10.3 Å². The van der Waals surface area contributed by atoms with Crippen molar-refractivity contribution in [2.24, 2.45) is 0 Å². The first kappa shape index (κ1) is 12.0. The minimum Gasteiger partial charge on any atom is -0.389 e. The number of hydrogen-bond acceptors (Lipinski definition) is 4. The molecule has 0 atom stereocenters. The molecular weight excluding hydrogens is 220 g/mol. The van der Waals surface area contributed by atoms with Gasteiger partial charge in [-0.3, -0.25) is 0 Å². The zero-order valence-corrected chi connectivity index (χ0v) is 10.6. The molecule has 0 amide bonds. The maximum atomic E-state index is 10.3. The van der Waals surface area contributed by atoms with Crippen molar-refractivity contribution < 1.29 is 5.11 Å². The first-order chi connectivity index (χ1) is 7.70. The first-order valence-electron chi connectivity index (χ1n) is 6.02. The molecule has 0 aromatic carbocycles. The molecule has 2 N–H and O–H groups in total. The van der Waals surface area contributed by atoms with Gasteiger partial charge in [0.25, 0.3) is 0 Å². The van der Waals surface area contributed by atoms with Crippen molar-refractivity contribution >= 4 is 11.3 Å². The molecule has 1 aliphatic carbocycles. The van der Waals surface area contributed by atoms with Crippen LogP contribution in [0.1, 0.15) is 42.7 Å². The summed E-state index contributed by atoms with van der Waals surface area (Å²) in [6.45, 7) is 3.58. The van der Waals surface area contributed by atoms with Gasteiger partial charge in [0, 0.05) is 18.0 Å². The van der Waals surface area contributed by atoms with Crippen molar-refractivity contribution in [1.29, 1.82) is 0 Å². The van der Waals surface area contributed by atoms with Crippen molar-refractivity contribution in [2.45, 2.75) is 51.2 Å². The quantitative estimate of drug-likeness (QED) is 0.848. The monoisotopic (exact) mass is 240 g/mol. The van der Waals surface area contributed by atoms with Gasteiger partial charge in [0.15, 0.2) is 0 Å². The van der Waals surface area contributed by atoms with Gasteiger partial charge >= 0.3 is 0 Å². The van der Waals surface area contributed by atoms with Crippen molar-refractivity contribution in [3.63, 3.8) is 0 Å². The third-order valence-corrected chi connectivity index (χ3v) is 4.30. The Bertz CT molecular complexity index is 332. The van der Waals surface area contributed by atoms with Crippen molar-refractivity contribution in [3.05, 3.63) is 16.1 Å². The standard InChI is InChI=1S/C12H20N2OS/c1-10-11(16-9-14-10)7-13-8-12(15)5-3-2-4-6-12/h9,13,15H,2-8H2,1H3. The number of aromatic nitrogens is 1. The van der Waals surface area contributed by atoms with Gasteiger partial charge in [0.05, 0.1) is 16.8 Å². The molecule has 2 rings (SSSR count). The van der Waals surface area contributed by atoms with E-state index in [1.165, 1.54) is 11.3 Å². The SMILES string of the molecule is Cc1ncsc1CNCC1(O)CCCCC1. The fourth-order valence-corrected chi connectivity index (χ4v) is 3.04. The first-order valence-corrected chi connectivity index (χ1v) is 6.90. The predicted molar refractivity (Wildman–Crippen MR) is 66.6 cm³/mol. The Labute approximate surface area is 101 Å². The van der Waals surface area contributed by atoms with Crippen LogP contribution < -0.4 is 5.32 Å². The van der Waals surface area contributed by atoms with E-state index < -0.39 is 5.60 Å². The zero-order chi connectivity index (χ0) is 11.4. The lowest BCUT2D eigenvalue weighted by Gasteiger charge is -2.32. The number of thiazole rings is 1. The number of nitrogens with one attached hydrogen (secondary N) is 1. The van der Waals surface area contributed by atoms with Gasteiger partial charge in [-0.1, -0.05) is 19.3 Å². The third kappa shape index (κ3) is 3.03. The molecule has 0 spiro atoms. The summed E-state index contributed by atoms with van der Waals surface area (Å²) in [7, 11) is 0. The van der Waals surface area contributed by atoms with Crippen LogP contribution in [0, 0.1) is 6.92 Å². The average molecular weight is 240 g/mol. The Morgan fingerprint density at radius 2 is 2.19 bits per heavy atom. The molecule has 1 heterocycles. The summed E-state index contributed by atoms with van der Waals surface area (Å²) in [5, 5.41) is 13.7. The summed E-state index contributed by atoms with van der Waals surface area (Å²) < 4.78 is 0. The van der Waals surface area contributed by atoms with E-state index in [1.54, 1.807) is 11.3 Å². The van der Waals surface area contributed by atoms with E-state index >= 15 is 0 Å². The van der Waals surface area contributed by atoms with E-state index in [9.17, 15) is 5.11 Å². The molecule has 0 saturated heterocycles. The van der Waals surface area contributed by atoms with E-state index in [1.807, 2.05) is 12.4 Å². The largest absolute Gasteiger partial charge is 0.389 e. The van der Waals surface area contributed by atoms with Gasteiger partial charge in [-0.15, -0.1) is 11.3 Å². The van der Waals surface area contributed by atoms with Gasteiger partial charge < -0.3 is 10.4 Å². The van der Waals surface area contributed by atoms with E-state index in [-0.39, 0.29) is 0 Å². The summed E-state index contributed by atoms with van der Waals surface area (Å²) in [5.41, 5.74) is 2.52. The van der Waals surface area contributed by atoms with Crippen LogP contribution >= 0.6 is 11.3 Å². The maximum absolute atomic E-state index is 10.3. The number of hydrogen-bond donors (Lipinski definition) is 2. The summed E-state index contributed by atoms with van der Waals surface area (Å²) in [6.07, 6.45) is 5.50. The highest BCUT2D eigenvalue weighted by atomic mass is 32.1. The second kappa shape index (κ2) is 5.25. The Morgan fingerprint density at radius 3 is 2.81 bits per heavy atom. The van der Waals surface area contributed by atoms with Crippen LogP contribution in [0.5, 0.6) is 0 Å². The molecule has 1 aromatic heterocycles. The molecular formula is C12H20N2OS. The number of aryl methyl sites for hydroxylation is 1. The van der Waals surface area contributed by atoms with Crippen LogP contribution in [-0.2, 0) is 6.54 Å². The zero-order valence-electron chi connectivity index (χ0n) is 9.83.